The molecule has 0 aromatic carbocycles. The molecule has 0 unspecified atom stereocenters. The lowest BCUT2D eigenvalue weighted by atomic mass is 10.2. The zero-order valence-electron chi connectivity index (χ0n) is 15.0. The molecule has 13 heteroatoms. The van der Waals surface area contributed by atoms with Crippen LogP contribution >= 0.6 is 22.9 Å². The van der Waals surface area contributed by atoms with Gasteiger partial charge in [-0.15, -0.1) is 0 Å². The van der Waals surface area contributed by atoms with Crippen LogP contribution in [-0.2, 0) is 14.8 Å². The smallest absolute Gasteiger partial charge is 0.229 e. The van der Waals surface area contributed by atoms with Crippen LogP contribution in [0.25, 0.3) is 21.6 Å². The number of nitrogens with one attached hydrogen (secondary N) is 2. The van der Waals surface area contributed by atoms with Crippen molar-refractivity contribution in [1.82, 2.24) is 15.0 Å². The Balaban J connectivity index is 1.87. The number of hydrogen-bond donors (Lipinski definition) is 4. The second-order valence-corrected chi connectivity index (χ2v) is 9.15. The van der Waals surface area contributed by atoms with Crippen LogP contribution in [0.5, 0.6) is 0 Å². The summed E-state index contributed by atoms with van der Waals surface area (Å²) in [7, 11) is -3.53. The van der Waals surface area contributed by atoms with Gasteiger partial charge in [-0.25, -0.2) is 23.4 Å². The fraction of sp³-hybridized carbons (Fsp3) is 0.250. The number of sulfonamides is 1. The van der Waals surface area contributed by atoms with E-state index in [0.717, 1.165) is 17.6 Å². The number of halogens is 1. The predicted octanol–water partition coefficient (Wildman–Crippen LogP) is 1.46. The lowest BCUT2D eigenvalue weighted by Gasteiger charge is -2.08. The lowest BCUT2D eigenvalue weighted by molar-refractivity contribution is -0.118. The summed E-state index contributed by atoms with van der Waals surface area (Å²) in [6.07, 6.45) is 1.08. The average molecular weight is 458 g/mol. The third-order valence-electron chi connectivity index (χ3n) is 3.56. The number of amides is 1. The highest BCUT2D eigenvalue weighted by Gasteiger charge is 2.14. The molecule has 1 atom stereocenters. The normalized spacial score (nSPS) is 12.7. The van der Waals surface area contributed by atoms with Gasteiger partial charge in [-0.2, -0.15) is 0 Å². The number of anilines is 2. The van der Waals surface area contributed by atoms with Crippen molar-refractivity contribution < 1.29 is 23.4 Å². The van der Waals surface area contributed by atoms with Gasteiger partial charge in [-0.05, 0) is 18.2 Å². The fourth-order valence-corrected chi connectivity index (χ4v) is 3.96. The number of nitrogens with zero attached hydrogens (tertiary/aromatic N) is 3. The van der Waals surface area contributed by atoms with E-state index in [1.165, 1.54) is 12.3 Å². The van der Waals surface area contributed by atoms with Crippen LogP contribution in [0.1, 0.15) is 6.42 Å². The van der Waals surface area contributed by atoms with Gasteiger partial charge in [0.25, 0.3) is 0 Å². The third kappa shape index (κ3) is 5.58. The first-order chi connectivity index (χ1) is 13.6. The molecular weight excluding hydrogens is 442 g/mol. The molecule has 0 fully saturated rings. The predicted molar refractivity (Wildman–Crippen MR) is 110 cm³/mol. The molecule has 0 spiro atoms. The van der Waals surface area contributed by atoms with Crippen molar-refractivity contribution >= 4 is 60.0 Å². The number of thiazole rings is 1. The number of rotatable bonds is 7. The van der Waals surface area contributed by atoms with E-state index in [2.05, 4.69) is 25.0 Å². The van der Waals surface area contributed by atoms with Crippen molar-refractivity contribution in [2.24, 2.45) is 0 Å². The topological polar surface area (TPSA) is 154 Å². The van der Waals surface area contributed by atoms with E-state index in [-0.39, 0.29) is 17.3 Å². The zero-order valence-corrected chi connectivity index (χ0v) is 17.3. The van der Waals surface area contributed by atoms with Gasteiger partial charge in [0.15, 0.2) is 10.3 Å². The molecule has 0 bridgehead atoms. The first-order valence-electron chi connectivity index (χ1n) is 8.14. The molecule has 0 saturated heterocycles. The van der Waals surface area contributed by atoms with Crippen molar-refractivity contribution in [2.75, 3.05) is 22.9 Å². The molecule has 3 aromatic rings. The Morgan fingerprint density at radius 2 is 2.10 bits per heavy atom. The van der Waals surface area contributed by atoms with Crippen molar-refractivity contribution in [1.29, 1.82) is 0 Å². The number of fused-ring (bicyclic) bond motifs is 1. The first-order valence-corrected chi connectivity index (χ1v) is 11.2. The molecule has 10 nitrogen and oxygen atoms in total. The summed E-state index contributed by atoms with van der Waals surface area (Å²) < 4.78 is 25.2. The number of aliphatic hydroxyl groups is 2. The number of hydrogen-bond acceptors (Lipinski definition) is 9. The summed E-state index contributed by atoms with van der Waals surface area (Å²) in [4.78, 5) is 25.1. The Labute approximate surface area is 174 Å². The fourth-order valence-electron chi connectivity index (χ4n) is 2.34. The second kappa shape index (κ2) is 8.55. The largest absolute Gasteiger partial charge is 0.394 e. The van der Waals surface area contributed by atoms with Gasteiger partial charge in [-0.3, -0.25) is 9.52 Å². The Morgan fingerprint density at radius 1 is 1.34 bits per heavy atom. The van der Waals surface area contributed by atoms with Crippen molar-refractivity contribution in [3.05, 3.63) is 29.5 Å². The van der Waals surface area contributed by atoms with Crippen LogP contribution in [0.15, 0.2) is 24.4 Å². The molecule has 3 aromatic heterocycles. The maximum atomic E-state index is 11.8. The van der Waals surface area contributed by atoms with Crippen LogP contribution in [0.2, 0.25) is 5.15 Å². The number of carbonyl (C=O) groups is 1. The second-order valence-electron chi connectivity index (χ2n) is 6.07. The summed E-state index contributed by atoms with van der Waals surface area (Å²) in [5.74, 6) is -0.482. The minimum atomic E-state index is -3.53. The van der Waals surface area contributed by atoms with Crippen molar-refractivity contribution in [3.8, 4) is 11.3 Å². The van der Waals surface area contributed by atoms with Gasteiger partial charge in [0.2, 0.25) is 15.9 Å². The van der Waals surface area contributed by atoms with Gasteiger partial charge in [0, 0.05) is 11.8 Å². The molecule has 0 radical (unpaired) electrons. The maximum absolute atomic E-state index is 11.8. The van der Waals surface area contributed by atoms with E-state index in [0.29, 0.717) is 26.7 Å². The Bertz CT molecular complexity index is 1170. The summed E-state index contributed by atoms with van der Waals surface area (Å²) in [6, 6.07) is 4.90. The standard InChI is InChI=1S/C16H16ClN5O5S2/c1-29(26,27)22-12-4-8(6-18-14(12)17)10-2-3-11-15(19-10)28-16(20-11)21-13(25)5-9(24)7-23/h2-4,6,9,22-24H,5,7H2,1H3,(H,20,21,25)/t9-/m0/s1. The lowest BCUT2D eigenvalue weighted by Crippen LogP contribution is -2.22. The van der Waals surface area contributed by atoms with E-state index >= 15 is 0 Å². The molecule has 29 heavy (non-hydrogen) atoms. The summed E-state index contributed by atoms with van der Waals surface area (Å²) in [6.45, 7) is -0.510. The molecule has 4 N–H and O–H groups in total. The Morgan fingerprint density at radius 3 is 2.79 bits per heavy atom. The number of carbonyl (C=O) groups excluding carboxylic acids is 1. The number of aromatic nitrogens is 3. The van der Waals surface area contributed by atoms with Gasteiger partial charge in [-0.1, -0.05) is 22.9 Å². The van der Waals surface area contributed by atoms with Gasteiger partial charge >= 0.3 is 0 Å². The molecule has 154 valence electrons. The number of pyridine rings is 2. The van der Waals surface area contributed by atoms with Gasteiger partial charge < -0.3 is 15.5 Å². The minimum Gasteiger partial charge on any atom is -0.394 e. The van der Waals surface area contributed by atoms with Crippen molar-refractivity contribution in [3.63, 3.8) is 0 Å². The third-order valence-corrected chi connectivity index (χ3v) is 5.34. The Hall–Kier alpha value is -2.38. The SMILES string of the molecule is CS(=O)(=O)Nc1cc(-c2ccc3nc(NC(=O)C[C@H](O)CO)sc3n2)cnc1Cl. The van der Waals surface area contributed by atoms with Crippen LogP contribution < -0.4 is 10.0 Å². The molecular formula is C16H16ClN5O5S2. The highest BCUT2D eigenvalue weighted by molar-refractivity contribution is 7.92. The zero-order chi connectivity index (χ0) is 21.2. The van der Waals surface area contributed by atoms with Crippen LogP contribution in [0.4, 0.5) is 10.8 Å². The highest BCUT2D eigenvalue weighted by atomic mass is 35.5. The summed E-state index contributed by atoms with van der Waals surface area (Å²) >= 11 is 7.07. The minimum absolute atomic E-state index is 0.00751. The highest BCUT2D eigenvalue weighted by Crippen LogP contribution is 2.30. The van der Waals surface area contributed by atoms with E-state index in [4.69, 9.17) is 16.7 Å². The van der Waals surface area contributed by atoms with Crippen molar-refractivity contribution in [2.45, 2.75) is 12.5 Å². The molecule has 3 rings (SSSR count). The maximum Gasteiger partial charge on any atom is 0.229 e. The van der Waals surface area contributed by atoms with Gasteiger partial charge in [0.1, 0.15) is 10.3 Å². The van der Waals surface area contributed by atoms with Crippen LogP contribution in [0, 0.1) is 0 Å². The van der Waals surface area contributed by atoms with Gasteiger partial charge in [0.05, 0.1) is 36.8 Å². The molecule has 1 amide bonds. The van der Waals surface area contributed by atoms with E-state index in [1.54, 1.807) is 12.1 Å². The van der Waals surface area contributed by atoms with Crippen LogP contribution in [-0.4, -0.2) is 58.5 Å². The molecule has 0 aliphatic heterocycles. The Kier molecular flexibility index (Phi) is 6.29. The monoisotopic (exact) mass is 457 g/mol. The molecule has 3 heterocycles. The molecule has 0 aliphatic carbocycles. The molecule has 0 aliphatic rings. The average Bonchev–Trinajstić information content (AvgIpc) is 3.03. The van der Waals surface area contributed by atoms with E-state index in [9.17, 15) is 18.3 Å². The van der Waals surface area contributed by atoms with E-state index < -0.39 is 28.6 Å². The van der Waals surface area contributed by atoms with Crippen LogP contribution in [0.3, 0.4) is 0 Å². The summed E-state index contributed by atoms with van der Waals surface area (Å²) in [5.41, 5.74) is 1.73. The first kappa shape index (κ1) is 21.3. The number of aliphatic hydroxyl groups excluding tert-OH is 2. The van der Waals surface area contributed by atoms with E-state index in [1.807, 2.05) is 0 Å². The molecule has 0 saturated carbocycles. The quantitative estimate of drug-likeness (QED) is 0.389. The summed E-state index contributed by atoms with van der Waals surface area (Å²) in [5, 5.41) is 21.0.